The van der Waals surface area contributed by atoms with E-state index in [0.29, 0.717) is 11.4 Å². The summed E-state index contributed by atoms with van der Waals surface area (Å²) in [6.45, 7) is 0.0340. The summed E-state index contributed by atoms with van der Waals surface area (Å²) in [6.07, 6.45) is 2.90. The van der Waals surface area contributed by atoms with E-state index >= 15 is 0 Å². The highest BCUT2D eigenvalue weighted by Crippen LogP contribution is 2.19. The van der Waals surface area contributed by atoms with Crippen LogP contribution in [0.5, 0.6) is 5.88 Å². The van der Waals surface area contributed by atoms with Crippen LogP contribution in [-0.4, -0.2) is 30.1 Å². The molecule has 0 fully saturated rings. The molecule has 0 aliphatic heterocycles. The van der Waals surface area contributed by atoms with E-state index in [0.717, 1.165) is 0 Å². The van der Waals surface area contributed by atoms with Gasteiger partial charge < -0.3 is 9.30 Å². The van der Waals surface area contributed by atoms with Crippen LogP contribution >= 0.6 is 11.6 Å². The van der Waals surface area contributed by atoms with E-state index in [1.165, 1.54) is 18.0 Å². The molecule has 0 unspecified atom stereocenters. The Morgan fingerprint density at radius 1 is 1.45 bits per heavy atom. The van der Waals surface area contributed by atoms with Crippen molar-refractivity contribution in [1.82, 2.24) is 19.3 Å². The van der Waals surface area contributed by atoms with Crippen LogP contribution in [0, 0.1) is 0 Å². The van der Waals surface area contributed by atoms with Gasteiger partial charge in [0.05, 0.1) is 13.4 Å². The molecule has 0 amide bonds. The first kappa shape index (κ1) is 14.8. The van der Waals surface area contributed by atoms with E-state index in [1.807, 2.05) is 0 Å². The minimum Gasteiger partial charge on any atom is -0.481 e. The van der Waals surface area contributed by atoms with Gasteiger partial charge in [-0.2, -0.15) is 0 Å². The molecule has 20 heavy (non-hydrogen) atoms. The van der Waals surface area contributed by atoms with Gasteiger partial charge in [0.25, 0.3) is 10.0 Å². The van der Waals surface area contributed by atoms with Gasteiger partial charge in [0.15, 0.2) is 0 Å². The van der Waals surface area contributed by atoms with Gasteiger partial charge in [0.2, 0.25) is 10.9 Å². The average molecular weight is 317 g/mol. The maximum absolute atomic E-state index is 12.1. The van der Waals surface area contributed by atoms with Crippen molar-refractivity contribution in [3.8, 4) is 5.88 Å². The van der Waals surface area contributed by atoms with Crippen molar-refractivity contribution in [1.29, 1.82) is 0 Å². The lowest BCUT2D eigenvalue weighted by atomic mass is 10.3. The molecule has 0 saturated heterocycles. The smallest absolute Gasteiger partial charge is 0.261 e. The first-order valence-corrected chi connectivity index (χ1v) is 7.46. The van der Waals surface area contributed by atoms with Crippen LogP contribution in [0.3, 0.4) is 0 Å². The van der Waals surface area contributed by atoms with Gasteiger partial charge in [-0.05, 0) is 6.07 Å². The van der Waals surface area contributed by atoms with Crippen molar-refractivity contribution < 1.29 is 13.2 Å². The predicted molar refractivity (Wildman–Crippen MR) is 73.0 cm³/mol. The predicted octanol–water partition coefficient (Wildman–Crippen LogP) is 0.956. The second-order valence-electron chi connectivity index (χ2n) is 3.95. The molecular formula is C11H13ClN4O3S. The second-order valence-corrected chi connectivity index (χ2v) is 5.99. The van der Waals surface area contributed by atoms with Gasteiger partial charge in [-0.15, -0.1) is 0 Å². The van der Waals surface area contributed by atoms with Gasteiger partial charge in [-0.25, -0.2) is 23.1 Å². The summed E-state index contributed by atoms with van der Waals surface area (Å²) in [5.74, 6) is 0.363. The molecule has 7 nitrogen and oxygen atoms in total. The van der Waals surface area contributed by atoms with Crippen molar-refractivity contribution in [2.24, 2.45) is 7.05 Å². The van der Waals surface area contributed by atoms with Crippen LogP contribution in [0.2, 0.25) is 5.15 Å². The number of ether oxygens (including phenoxy) is 1. The minimum atomic E-state index is -3.79. The third-order valence-electron chi connectivity index (χ3n) is 2.58. The normalized spacial score (nSPS) is 11.6. The number of imidazole rings is 1. The lowest BCUT2D eigenvalue weighted by Gasteiger charge is -2.08. The summed E-state index contributed by atoms with van der Waals surface area (Å²) >= 11 is 5.88. The van der Waals surface area contributed by atoms with Crippen LogP contribution < -0.4 is 9.46 Å². The summed E-state index contributed by atoms with van der Waals surface area (Å²) in [6, 6.07) is 3.41. The lowest BCUT2D eigenvalue weighted by molar-refractivity contribution is 0.392. The number of halogens is 1. The summed E-state index contributed by atoms with van der Waals surface area (Å²) < 4.78 is 33.1. The molecule has 2 rings (SSSR count). The molecule has 2 aromatic rings. The Morgan fingerprint density at radius 2 is 2.20 bits per heavy atom. The molecule has 0 aliphatic rings. The highest BCUT2D eigenvalue weighted by Gasteiger charge is 2.22. The van der Waals surface area contributed by atoms with Crippen molar-refractivity contribution in [2.75, 3.05) is 7.11 Å². The van der Waals surface area contributed by atoms with Crippen LogP contribution in [-0.2, 0) is 23.6 Å². The SMILES string of the molecule is COc1ncccc1CNS(=O)(=O)c1ncn(C)c1Cl. The first-order chi connectivity index (χ1) is 9.45. The number of pyridine rings is 1. The Bertz CT molecular complexity index is 714. The zero-order valence-corrected chi connectivity index (χ0v) is 12.4. The molecule has 9 heteroatoms. The summed E-state index contributed by atoms with van der Waals surface area (Å²) in [7, 11) is -0.713. The van der Waals surface area contributed by atoms with Gasteiger partial charge in [-0.1, -0.05) is 17.7 Å². The molecule has 0 saturated carbocycles. The highest BCUT2D eigenvalue weighted by atomic mass is 35.5. The van der Waals surface area contributed by atoms with E-state index in [4.69, 9.17) is 16.3 Å². The third kappa shape index (κ3) is 2.92. The quantitative estimate of drug-likeness (QED) is 0.887. The number of hydrogen-bond donors (Lipinski definition) is 1. The second kappa shape index (κ2) is 5.78. The van der Waals surface area contributed by atoms with Crippen molar-refractivity contribution in [3.63, 3.8) is 0 Å². The first-order valence-electron chi connectivity index (χ1n) is 5.60. The average Bonchev–Trinajstić information content (AvgIpc) is 2.78. The Kier molecular flexibility index (Phi) is 4.26. The van der Waals surface area contributed by atoms with E-state index in [2.05, 4.69) is 14.7 Å². The maximum atomic E-state index is 12.1. The topological polar surface area (TPSA) is 86.1 Å². The van der Waals surface area contributed by atoms with E-state index in [-0.39, 0.29) is 16.7 Å². The van der Waals surface area contributed by atoms with Crippen molar-refractivity contribution >= 4 is 21.6 Å². The molecule has 0 atom stereocenters. The molecule has 108 valence electrons. The third-order valence-corrected chi connectivity index (χ3v) is 4.47. The molecule has 0 aromatic carbocycles. The Morgan fingerprint density at radius 3 is 2.80 bits per heavy atom. The highest BCUT2D eigenvalue weighted by molar-refractivity contribution is 7.89. The Labute approximate surface area is 121 Å². The Balaban J connectivity index is 2.20. The standard InChI is InChI=1S/C11H13ClN4O3S/c1-16-7-14-11(9(16)12)20(17,18)15-6-8-4-3-5-13-10(8)19-2/h3-5,7,15H,6H2,1-2H3. The fraction of sp³-hybridized carbons (Fsp3) is 0.273. The summed E-state index contributed by atoms with van der Waals surface area (Å²) in [4.78, 5) is 7.76. The maximum Gasteiger partial charge on any atom is 0.261 e. The van der Waals surface area contributed by atoms with Crippen LogP contribution in [0.4, 0.5) is 0 Å². The van der Waals surface area contributed by atoms with Crippen molar-refractivity contribution in [2.45, 2.75) is 11.6 Å². The fourth-order valence-electron chi connectivity index (χ4n) is 1.56. The summed E-state index contributed by atoms with van der Waals surface area (Å²) in [5.41, 5.74) is 0.616. The number of hydrogen-bond acceptors (Lipinski definition) is 5. The monoisotopic (exact) mass is 316 g/mol. The number of aromatic nitrogens is 3. The van der Waals surface area contributed by atoms with Crippen LogP contribution in [0.15, 0.2) is 29.7 Å². The fourth-order valence-corrected chi connectivity index (χ4v) is 2.99. The van der Waals surface area contributed by atoms with E-state index in [1.54, 1.807) is 25.4 Å². The molecule has 0 aliphatic carbocycles. The number of aryl methyl sites for hydroxylation is 1. The van der Waals surface area contributed by atoms with Crippen LogP contribution in [0.1, 0.15) is 5.56 Å². The molecule has 0 bridgehead atoms. The molecule has 0 radical (unpaired) electrons. The molecule has 0 spiro atoms. The number of rotatable bonds is 5. The molecular weight excluding hydrogens is 304 g/mol. The van der Waals surface area contributed by atoms with Crippen LogP contribution in [0.25, 0.3) is 0 Å². The van der Waals surface area contributed by atoms with Gasteiger partial charge in [-0.3, -0.25) is 0 Å². The number of nitrogens with zero attached hydrogens (tertiary/aromatic N) is 3. The Hall–Kier alpha value is -1.64. The van der Waals surface area contributed by atoms with E-state index in [9.17, 15) is 8.42 Å². The van der Waals surface area contributed by atoms with E-state index < -0.39 is 10.0 Å². The lowest BCUT2D eigenvalue weighted by Crippen LogP contribution is -2.24. The molecule has 2 heterocycles. The van der Waals surface area contributed by atoms with Gasteiger partial charge >= 0.3 is 0 Å². The van der Waals surface area contributed by atoms with Gasteiger partial charge in [0, 0.05) is 25.4 Å². The zero-order chi connectivity index (χ0) is 14.8. The molecule has 2 aromatic heterocycles. The van der Waals surface area contributed by atoms with Crippen molar-refractivity contribution in [3.05, 3.63) is 35.4 Å². The molecule has 1 N–H and O–H groups in total. The zero-order valence-electron chi connectivity index (χ0n) is 10.9. The summed E-state index contributed by atoms with van der Waals surface area (Å²) in [5, 5.41) is -0.153. The van der Waals surface area contributed by atoms with Gasteiger partial charge in [0.1, 0.15) is 5.15 Å². The number of sulfonamides is 1. The largest absolute Gasteiger partial charge is 0.481 e. The number of nitrogens with one attached hydrogen (secondary N) is 1. The number of methoxy groups -OCH3 is 1. The minimum absolute atomic E-state index is 0.0340.